The average Bonchev–Trinajstić information content (AvgIpc) is 3.10. The van der Waals surface area contributed by atoms with E-state index >= 15 is 0 Å². The highest BCUT2D eigenvalue weighted by Crippen LogP contribution is 2.39. The summed E-state index contributed by atoms with van der Waals surface area (Å²) in [5.41, 5.74) is 3.89. The van der Waals surface area contributed by atoms with Crippen molar-refractivity contribution in [3.05, 3.63) is 63.6 Å². The number of aryl methyl sites for hydroxylation is 1. The number of hydrogen-bond acceptors (Lipinski definition) is 4. The molecule has 2 heterocycles. The monoisotopic (exact) mass is 428 g/mol. The number of amides is 1. The topological polar surface area (TPSA) is 34.5 Å². The standard InChI is InChI=1S/C21H17ClN2O2S2/c1-12-15(14-6-4-5-7-17(14)23(12)2)11-19-20(25)24(21(27)28-19)13-8-9-18(26-3)16(22)10-13/h4-11H,1-3H3/b19-11-. The van der Waals surface area contributed by atoms with Crippen molar-refractivity contribution in [3.63, 3.8) is 0 Å². The number of rotatable bonds is 3. The molecule has 4 nitrogen and oxygen atoms in total. The Hall–Kier alpha value is -2.28. The highest BCUT2D eigenvalue weighted by molar-refractivity contribution is 8.27. The summed E-state index contributed by atoms with van der Waals surface area (Å²) in [6, 6.07) is 13.4. The highest BCUT2D eigenvalue weighted by atomic mass is 35.5. The van der Waals surface area contributed by atoms with Crippen LogP contribution in [0.3, 0.4) is 0 Å². The summed E-state index contributed by atoms with van der Waals surface area (Å²) in [4.78, 5) is 15.2. The Morgan fingerprint density at radius 1 is 1.21 bits per heavy atom. The van der Waals surface area contributed by atoms with Gasteiger partial charge in [0.2, 0.25) is 0 Å². The van der Waals surface area contributed by atoms with Crippen LogP contribution in [0.2, 0.25) is 5.02 Å². The Kier molecular flexibility index (Phi) is 4.95. The van der Waals surface area contributed by atoms with Gasteiger partial charge in [-0.05, 0) is 37.3 Å². The number of methoxy groups -OCH3 is 1. The Morgan fingerprint density at radius 3 is 2.68 bits per heavy atom. The quantitative estimate of drug-likeness (QED) is 0.404. The molecule has 1 fully saturated rings. The lowest BCUT2D eigenvalue weighted by molar-refractivity contribution is -0.113. The molecule has 1 aliphatic heterocycles. The van der Waals surface area contributed by atoms with Crippen molar-refractivity contribution in [3.8, 4) is 5.75 Å². The second-order valence-electron chi connectivity index (χ2n) is 6.41. The van der Waals surface area contributed by atoms with Gasteiger partial charge in [-0.2, -0.15) is 0 Å². The number of anilines is 1. The van der Waals surface area contributed by atoms with Gasteiger partial charge in [-0.3, -0.25) is 9.69 Å². The molecule has 0 N–H and O–H groups in total. The average molecular weight is 429 g/mol. The van der Waals surface area contributed by atoms with Crippen molar-refractivity contribution in [1.29, 1.82) is 0 Å². The van der Waals surface area contributed by atoms with Gasteiger partial charge in [-0.15, -0.1) is 0 Å². The van der Waals surface area contributed by atoms with E-state index in [2.05, 4.69) is 23.6 Å². The third kappa shape index (κ3) is 3.02. The molecular formula is C21H17ClN2O2S2. The molecule has 1 amide bonds. The number of thiocarbonyl (C=S) groups is 1. The molecule has 2 aromatic carbocycles. The zero-order valence-corrected chi connectivity index (χ0v) is 17.9. The molecule has 0 aliphatic carbocycles. The van der Waals surface area contributed by atoms with E-state index in [9.17, 15) is 4.79 Å². The van der Waals surface area contributed by atoms with Gasteiger partial charge in [0.1, 0.15) is 5.75 Å². The molecule has 1 saturated heterocycles. The number of hydrogen-bond donors (Lipinski definition) is 0. The van der Waals surface area contributed by atoms with E-state index in [4.69, 9.17) is 28.6 Å². The zero-order valence-electron chi connectivity index (χ0n) is 15.5. The second-order valence-corrected chi connectivity index (χ2v) is 8.49. The molecule has 28 heavy (non-hydrogen) atoms. The Labute approximate surface area is 177 Å². The fourth-order valence-corrected chi connectivity index (χ4v) is 4.88. The normalized spacial score (nSPS) is 15.9. The molecule has 1 aromatic heterocycles. The maximum Gasteiger partial charge on any atom is 0.270 e. The number of benzene rings is 2. The summed E-state index contributed by atoms with van der Waals surface area (Å²) < 4.78 is 7.80. The maximum atomic E-state index is 13.1. The first-order chi connectivity index (χ1) is 13.4. The van der Waals surface area contributed by atoms with Gasteiger partial charge < -0.3 is 9.30 Å². The van der Waals surface area contributed by atoms with Gasteiger partial charge in [0.05, 0.1) is 22.7 Å². The number of halogens is 1. The molecule has 0 saturated carbocycles. The summed E-state index contributed by atoms with van der Waals surface area (Å²) in [5.74, 6) is 0.404. The van der Waals surface area contributed by atoms with Gasteiger partial charge in [-0.25, -0.2) is 0 Å². The van der Waals surface area contributed by atoms with Crippen molar-refractivity contribution in [2.24, 2.45) is 7.05 Å². The minimum absolute atomic E-state index is 0.149. The van der Waals surface area contributed by atoms with Crippen molar-refractivity contribution < 1.29 is 9.53 Å². The molecule has 0 unspecified atom stereocenters. The molecule has 0 atom stereocenters. The molecular weight excluding hydrogens is 412 g/mol. The Balaban J connectivity index is 1.76. The van der Waals surface area contributed by atoms with Gasteiger partial charge in [0.25, 0.3) is 5.91 Å². The molecule has 4 rings (SSSR count). The van der Waals surface area contributed by atoms with Crippen molar-refractivity contribution >= 4 is 68.5 Å². The number of nitrogens with zero attached hydrogens (tertiary/aromatic N) is 2. The number of thioether (sulfide) groups is 1. The Morgan fingerprint density at radius 2 is 1.96 bits per heavy atom. The number of aromatic nitrogens is 1. The summed E-state index contributed by atoms with van der Waals surface area (Å²) in [6.45, 7) is 2.05. The molecule has 0 bridgehead atoms. The summed E-state index contributed by atoms with van der Waals surface area (Å²) >= 11 is 13.0. The van der Waals surface area contributed by atoms with Crippen LogP contribution in [0.15, 0.2) is 47.4 Å². The van der Waals surface area contributed by atoms with Crippen LogP contribution in [0.25, 0.3) is 17.0 Å². The predicted molar refractivity (Wildman–Crippen MR) is 121 cm³/mol. The molecule has 142 valence electrons. The van der Waals surface area contributed by atoms with Crippen molar-refractivity contribution in [2.45, 2.75) is 6.92 Å². The van der Waals surface area contributed by atoms with Gasteiger partial charge in [0.15, 0.2) is 4.32 Å². The first-order valence-electron chi connectivity index (χ1n) is 8.58. The number of ether oxygens (including phenoxy) is 1. The molecule has 3 aromatic rings. The summed E-state index contributed by atoms with van der Waals surface area (Å²) in [7, 11) is 3.58. The zero-order chi connectivity index (χ0) is 20.0. The third-order valence-electron chi connectivity index (χ3n) is 4.91. The SMILES string of the molecule is COc1ccc(N2C(=O)/C(=C/c3c(C)n(C)c4ccccc34)SC2=S)cc1Cl. The smallest absolute Gasteiger partial charge is 0.270 e. The third-order valence-corrected chi connectivity index (χ3v) is 6.51. The van der Waals surface area contributed by atoms with E-state index in [-0.39, 0.29) is 5.91 Å². The van der Waals surface area contributed by atoms with Gasteiger partial charge >= 0.3 is 0 Å². The van der Waals surface area contributed by atoms with E-state index in [0.717, 1.165) is 22.2 Å². The number of carbonyl (C=O) groups is 1. The molecule has 0 radical (unpaired) electrons. The molecule has 7 heteroatoms. The fraction of sp³-hybridized carbons (Fsp3) is 0.143. The lowest BCUT2D eigenvalue weighted by Gasteiger charge is -2.15. The Bertz CT molecular complexity index is 1170. The largest absolute Gasteiger partial charge is 0.495 e. The van der Waals surface area contributed by atoms with Crippen LogP contribution in [-0.4, -0.2) is 21.9 Å². The van der Waals surface area contributed by atoms with E-state index in [1.54, 1.807) is 25.3 Å². The van der Waals surface area contributed by atoms with Crippen LogP contribution >= 0.6 is 35.6 Å². The van der Waals surface area contributed by atoms with Crippen LogP contribution in [0.5, 0.6) is 5.75 Å². The number of para-hydroxylation sites is 1. The van der Waals surface area contributed by atoms with Gasteiger partial charge in [-0.1, -0.05) is 53.8 Å². The van der Waals surface area contributed by atoms with E-state index in [1.807, 2.05) is 25.3 Å². The predicted octanol–water partition coefficient (Wildman–Crippen LogP) is 5.55. The molecule has 1 aliphatic rings. The fourth-order valence-electron chi connectivity index (χ4n) is 3.35. The van der Waals surface area contributed by atoms with Crippen LogP contribution in [0, 0.1) is 6.92 Å². The first kappa shape index (κ1) is 19.1. The van der Waals surface area contributed by atoms with E-state index in [0.29, 0.717) is 25.7 Å². The number of carbonyl (C=O) groups excluding carboxylic acids is 1. The van der Waals surface area contributed by atoms with Gasteiger partial charge in [0, 0.05) is 29.2 Å². The lowest BCUT2D eigenvalue weighted by Crippen LogP contribution is -2.27. The minimum atomic E-state index is -0.149. The van der Waals surface area contributed by atoms with Crippen molar-refractivity contribution in [2.75, 3.05) is 12.0 Å². The van der Waals surface area contributed by atoms with Crippen LogP contribution < -0.4 is 9.64 Å². The minimum Gasteiger partial charge on any atom is -0.495 e. The first-order valence-corrected chi connectivity index (χ1v) is 10.2. The highest BCUT2D eigenvalue weighted by Gasteiger charge is 2.34. The van der Waals surface area contributed by atoms with Crippen molar-refractivity contribution in [1.82, 2.24) is 4.57 Å². The van der Waals surface area contributed by atoms with Crippen LogP contribution in [0.1, 0.15) is 11.3 Å². The van der Waals surface area contributed by atoms with E-state index in [1.165, 1.54) is 16.7 Å². The second kappa shape index (κ2) is 7.28. The number of fused-ring (bicyclic) bond motifs is 1. The lowest BCUT2D eigenvalue weighted by atomic mass is 10.1. The summed E-state index contributed by atoms with van der Waals surface area (Å²) in [6.07, 6.45) is 1.93. The van der Waals surface area contributed by atoms with Crippen LogP contribution in [0.4, 0.5) is 5.69 Å². The molecule has 0 spiro atoms. The summed E-state index contributed by atoms with van der Waals surface area (Å²) in [5, 5.41) is 1.54. The maximum absolute atomic E-state index is 13.1. The van der Waals surface area contributed by atoms with E-state index < -0.39 is 0 Å². The van der Waals surface area contributed by atoms with Crippen LogP contribution in [-0.2, 0) is 11.8 Å².